The fraction of sp³-hybridized carbons (Fsp3) is 0.375. The second kappa shape index (κ2) is 15.0. The number of benzene rings is 3. The zero-order valence-electron chi connectivity index (χ0n) is 26.3. The minimum Gasteiger partial charge on any atom is -0.496 e. The number of carbonyl (C=O) groups is 4. The lowest BCUT2D eigenvalue weighted by Crippen LogP contribution is -2.53. The van der Waals surface area contributed by atoms with Gasteiger partial charge in [-0.2, -0.15) is 13.2 Å². The molecule has 1 aliphatic heterocycles. The Morgan fingerprint density at radius 1 is 1.02 bits per heavy atom. The third kappa shape index (κ3) is 9.48. The molecule has 254 valence electrons. The van der Waals surface area contributed by atoms with Crippen molar-refractivity contribution in [1.82, 2.24) is 5.32 Å². The number of aromatic carboxylic acids is 1. The van der Waals surface area contributed by atoms with E-state index in [1.54, 1.807) is 57.0 Å². The van der Waals surface area contributed by atoms with Crippen LogP contribution >= 0.6 is 0 Å². The first-order valence-corrected chi connectivity index (χ1v) is 14.4. The highest BCUT2D eigenvalue weighted by Gasteiger charge is 2.38. The van der Waals surface area contributed by atoms with Crippen molar-refractivity contribution >= 4 is 46.1 Å². The van der Waals surface area contributed by atoms with Crippen LogP contribution in [0.3, 0.4) is 0 Å². The number of anilines is 2. The average molecular weight is 663 g/mol. The number of carbonyl (C=O) groups excluding carboxylic acids is 2. The molecule has 1 aliphatic rings. The zero-order valence-corrected chi connectivity index (χ0v) is 26.3. The normalized spacial score (nSPS) is 14.8. The molecule has 3 aromatic rings. The molecule has 0 aliphatic carbocycles. The second-order valence-electron chi connectivity index (χ2n) is 11.5. The van der Waals surface area contributed by atoms with E-state index >= 15 is 0 Å². The number of rotatable bonds is 8. The standard InChI is InChI=1S/C30H36N4O6.C2HF3O2/c1-30(2,3)40-29(38)32-23-18-33(15-7-14-31)24-8-5-6-9-25(24)34(27(23)35)17-22-21-12-10-20(28(36)37)16-19(21)11-13-26(22)39-4;3-2(4,5)1(6)7/h5-6,8-13,16,23H,7,14-15,17-18,31H2,1-4H3,(H,32,38)(H,36,37);(H,6,7)/t23-;/m0./s1. The molecule has 4 rings (SSSR count). The van der Waals surface area contributed by atoms with Crippen LogP contribution in [0, 0.1) is 0 Å². The molecule has 47 heavy (non-hydrogen) atoms. The maximum absolute atomic E-state index is 14.2. The van der Waals surface area contributed by atoms with E-state index in [1.165, 1.54) is 6.07 Å². The molecule has 2 amide bonds. The second-order valence-corrected chi connectivity index (χ2v) is 11.5. The van der Waals surface area contributed by atoms with E-state index in [1.807, 2.05) is 24.3 Å². The number of halogens is 3. The largest absolute Gasteiger partial charge is 0.496 e. The van der Waals surface area contributed by atoms with Crippen LogP contribution in [-0.4, -0.2) is 78.7 Å². The Morgan fingerprint density at radius 3 is 2.21 bits per heavy atom. The average Bonchev–Trinajstić information content (AvgIpc) is 3.09. The molecule has 1 heterocycles. The molecule has 0 saturated heterocycles. The van der Waals surface area contributed by atoms with E-state index in [0.29, 0.717) is 41.9 Å². The molecule has 3 aromatic carbocycles. The summed E-state index contributed by atoms with van der Waals surface area (Å²) in [5.74, 6) is -3.53. The van der Waals surface area contributed by atoms with Gasteiger partial charge in [0.05, 0.1) is 30.6 Å². The minimum atomic E-state index is -5.08. The number of ether oxygens (including phenoxy) is 2. The number of alkyl halides is 3. The summed E-state index contributed by atoms with van der Waals surface area (Å²) in [5.41, 5.74) is 7.48. The van der Waals surface area contributed by atoms with E-state index in [-0.39, 0.29) is 24.6 Å². The number of nitrogens with zero attached hydrogens (tertiary/aromatic N) is 2. The highest BCUT2D eigenvalue weighted by molar-refractivity contribution is 6.04. The predicted octanol–water partition coefficient (Wildman–Crippen LogP) is 4.78. The number of hydrogen-bond donors (Lipinski definition) is 4. The van der Waals surface area contributed by atoms with Crippen LogP contribution in [0.5, 0.6) is 5.75 Å². The molecule has 0 saturated carbocycles. The van der Waals surface area contributed by atoms with Crippen molar-refractivity contribution in [2.75, 3.05) is 36.5 Å². The van der Waals surface area contributed by atoms with Gasteiger partial charge in [0.25, 0.3) is 5.91 Å². The highest BCUT2D eigenvalue weighted by Crippen LogP contribution is 2.37. The molecule has 0 fully saturated rings. The Balaban J connectivity index is 0.000000771. The number of hydrogen-bond acceptors (Lipinski definition) is 8. The SMILES string of the molecule is COc1ccc2cc(C(=O)O)ccc2c1CN1C(=O)[C@@H](NC(=O)OC(C)(C)C)CN(CCCN)c2ccccc21.O=C(O)C(F)(F)F. The molecule has 15 heteroatoms. The van der Waals surface area contributed by atoms with Gasteiger partial charge in [-0.3, -0.25) is 4.79 Å². The number of nitrogens with one attached hydrogen (secondary N) is 1. The van der Waals surface area contributed by atoms with E-state index in [2.05, 4.69) is 10.2 Å². The zero-order chi connectivity index (χ0) is 35.1. The fourth-order valence-electron chi connectivity index (χ4n) is 4.90. The Kier molecular flexibility index (Phi) is 11.6. The number of para-hydroxylation sites is 2. The van der Waals surface area contributed by atoms with Crippen molar-refractivity contribution in [3.05, 3.63) is 65.7 Å². The summed E-state index contributed by atoms with van der Waals surface area (Å²) >= 11 is 0. The number of amides is 2. The molecule has 1 atom stereocenters. The van der Waals surface area contributed by atoms with E-state index in [0.717, 1.165) is 11.1 Å². The first-order valence-electron chi connectivity index (χ1n) is 14.4. The van der Waals surface area contributed by atoms with Crippen molar-refractivity contribution in [1.29, 1.82) is 0 Å². The smallest absolute Gasteiger partial charge is 0.490 e. The topological polar surface area (TPSA) is 172 Å². The van der Waals surface area contributed by atoms with Crippen LogP contribution in [0.15, 0.2) is 54.6 Å². The van der Waals surface area contributed by atoms with Crippen molar-refractivity contribution in [3.63, 3.8) is 0 Å². The summed E-state index contributed by atoms with van der Waals surface area (Å²) in [7, 11) is 1.55. The first kappa shape index (κ1) is 36.4. The van der Waals surface area contributed by atoms with Gasteiger partial charge in [0.2, 0.25) is 0 Å². The number of fused-ring (bicyclic) bond motifs is 2. The van der Waals surface area contributed by atoms with Crippen molar-refractivity contribution in [3.8, 4) is 5.75 Å². The number of aliphatic carboxylic acids is 1. The minimum absolute atomic E-state index is 0.125. The van der Waals surface area contributed by atoms with Gasteiger partial charge < -0.3 is 40.5 Å². The Labute approximate surface area is 268 Å². The number of nitrogens with two attached hydrogens (primary N) is 1. The summed E-state index contributed by atoms with van der Waals surface area (Å²) in [5, 5.41) is 20.9. The maximum atomic E-state index is 14.2. The van der Waals surface area contributed by atoms with E-state index in [9.17, 15) is 32.7 Å². The number of carboxylic acids is 2. The van der Waals surface area contributed by atoms with Gasteiger partial charge in [0, 0.05) is 18.7 Å². The lowest BCUT2D eigenvalue weighted by atomic mass is 10.00. The lowest BCUT2D eigenvalue weighted by Gasteiger charge is -2.28. The monoisotopic (exact) mass is 662 g/mol. The predicted molar refractivity (Wildman–Crippen MR) is 168 cm³/mol. The van der Waals surface area contributed by atoms with Crippen LogP contribution in [0.1, 0.15) is 43.1 Å². The molecule has 0 unspecified atom stereocenters. The van der Waals surface area contributed by atoms with Gasteiger partial charge >= 0.3 is 24.2 Å². The van der Waals surface area contributed by atoms with Crippen LogP contribution in [0.4, 0.5) is 29.3 Å². The highest BCUT2D eigenvalue weighted by atomic mass is 19.4. The molecular formula is C32H37F3N4O8. The van der Waals surface area contributed by atoms with E-state index in [4.69, 9.17) is 25.1 Å². The van der Waals surface area contributed by atoms with Gasteiger partial charge in [-0.25, -0.2) is 14.4 Å². The summed E-state index contributed by atoms with van der Waals surface area (Å²) in [6.07, 6.45) is -5.07. The number of alkyl carbamates (subject to hydrolysis) is 1. The number of carboxylic acid groups (broad SMARTS) is 2. The fourth-order valence-corrected chi connectivity index (χ4v) is 4.90. The van der Waals surface area contributed by atoms with Gasteiger partial charge in [0.15, 0.2) is 0 Å². The summed E-state index contributed by atoms with van der Waals surface area (Å²) < 4.78 is 42.9. The van der Waals surface area contributed by atoms with Gasteiger partial charge in [-0.15, -0.1) is 0 Å². The molecule has 5 N–H and O–H groups in total. The lowest BCUT2D eigenvalue weighted by molar-refractivity contribution is -0.192. The Morgan fingerprint density at radius 2 is 1.66 bits per heavy atom. The quantitative estimate of drug-likeness (QED) is 0.263. The summed E-state index contributed by atoms with van der Waals surface area (Å²) in [6.45, 7) is 6.72. The summed E-state index contributed by atoms with van der Waals surface area (Å²) in [6, 6.07) is 15.1. The van der Waals surface area contributed by atoms with Crippen LogP contribution in [-0.2, 0) is 20.9 Å². The molecule has 0 aromatic heterocycles. The van der Waals surface area contributed by atoms with Crippen molar-refractivity contribution in [2.45, 2.75) is 51.6 Å². The van der Waals surface area contributed by atoms with Gasteiger partial charge in [-0.1, -0.05) is 24.3 Å². The van der Waals surface area contributed by atoms with Gasteiger partial charge in [0.1, 0.15) is 17.4 Å². The third-order valence-electron chi connectivity index (χ3n) is 6.92. The third-order valence-corrected chi connectivity index (χ3v) is 6.92. The molecule has 12 nitrogen and oxygen atoms in total. The first-order chi connectivity index (χ1) is 22.0. The van der Waals surface area contributed by atoms with E-state index < -0.39 is 35.9 Å². The molecule has 0 spiro atoms. The maximum Gasteiger partial charge on any atom is 0.490 e. The van der Waals surface area contributed by atoms with Crippen molar-refractivity contribution in [2.24, 2.45) is 5.73 Å². The van der Waals surface area contributed by atoms with Gasteiger partial charge in [-0.05, 0) is 74.8 Å². The molecule has 0 bridgehead atoms. The van der Waals surface area contributed by atoms with Crippen LogP contribution in [0.2, 0.25) is 0 Å². The number of methoxy groups -OCH3 is 1. The molecular weight excluding hydrogens is 625 g/mol. The molecule has 0 radical (unpaired) electrons. The summed E-state index contributed by atoms with van der Waals surface area (Å²) in [4.78, 5) is 51.2. The van der Waals surface area contributed by atoms with Crippen LogP contribution < -0.4 is 25.6 Å². The Bertz CT molecular complexity index is 1620. The van der Waals surface area contributed by atoms with Crippen LogP contribution in [0.25, 0.3) is 10.8 Å². The Hall–Kier alpha value is -5.05. The van der Waals surface area contributed by atoms with Crippen molar-refractivity contribution < 1.29 is 52.0 Å².